The van der Waals surface area contributed by atoms with Gasteiger partial charge in [-0.1, -0.05) is 25.4 Å². The minimum Gasteiger partial charge on any atom is -0.401 e. The molecule has 158 valence electrons. The number of nitroso groups, excluding NO2 is 1. The molecule has 0 spiro atoms. The summed E-state index contributed by atoms with van der Waals surface area (Å²) in [5.41, 5.74) is 6.79. The zero-order chi connectivity index (χ0) is 19.9. The lowest BCUT2D eigenvalue weighted by molar-refractivity contribution is 0.0517. The predicted molar refractivity (Wildman–Crippen MR) is 108 cm³/mol. The van der Waals surface area contributed by atoms with Gasteiger partial charge in [0.25, 0.3) is 0 Å². The van der Waals surface area contributed by atoms with E-state index in [1.165, 1.54) is 6.42 Å². The minimum atomic E-state index is -0.755. The maximum absolute atomic E-state index is 10.8. The number of nitrogens with zero attached hydrogens (tertiary/aromatic N) is 1. The van der Waals surface area contributed by atoms with Crippen LogP contribution in [-0.2, 0) is 9.47 Å². The van der Waals surface area contributed by atoms with Gasteiger partial charge in [-0.05, 0) is 50.9 Å². The Morgan fingerprint density at radius 2 is 1.81 bits per heavy atom. The molecule has 1 rings (SSSR count). The Kier molecular flexibility index (Phi) is 13.1. The number of nitrogens with two attached hydrogens (primary N) is 1. The first kappa shape index (κ1) is 23.9. The topological polar surface area (TPSA) is 106 Å². The lowest BCUT2D eigenvalue weighted by Crippen LogP contribution is -2.51. The molecule has 27 heavy (non-hydrogen) atoms. The molecule has 0 aromatic heterocycles. The second kappa shape index (κ2) is 14.8. The van der Waals surface area contributed by atoms with Crippen molar-refractivity contribution in [1.82, 2.24) is 5.32 Å². The maximum atomic E-state index is 10.8. The van der Waals surface area contributed by atoms with E-state index in [0.717, 1.165) is 70.6 Å². The van der Waals surface area contributed by atoms with Gasteiger partial charge in [-0.25, -0.2) is 0 Å². The molecular formula is C20H39N3O4. The first-order valence-corrected chi connectivity index (χ1v) is 10.5. The van der Waals surface area contributed by atoms with Gasteiger partial charge in [-0.3, -0.25) is 0 Å². The van der Waals surface area contributed by atoms with E-state index in [1.54, 1.807) is 6.20 Å². The fourth-order valence-electron chi connectivity index (χ4n) is 3.26. The molecule has 0 saturated heterocycles. The quantitative estimate of drug-likeness (QED) is 0.295. The van der Waals surface area contributed by atoms with Gasteiger partial charge in [-0.2, -0.15) is 4.91 Å². The molecule has 1 fully saturated rings. The van der Waals surface area contributed by atoms with Gasteiger partial charge in [0, 0.05) is 38.3 Å². The number of allylic oxidation sites excluding steroid dienone is 1. The Labute approximate surface area is 164 Å². The van der Waals surface area contributed by atoms with Crippen molar-refractivity contribution in [3.8, 4) is 0 Å². The van der Waals surface area contributed by atoms with Crippen LogP contribution in [0.2, 0.25) is 0 Å². The highest BCUT2D eigenvalue weighted by atomic mass is 16.5. The molecule has 0 bridgehead atoms. The third kappa shape index (κ3) is 10.1. The Hall–Kier alpha value is -1.18. The summed E-state index contributed by atoms with van der Waals surface area (Å²) < 4.78 is 11.1. The van der Waals surface area contributed by atoms with Crippen LogP contribution >= 0.6 is 0 Å². The van der Waals surface area contributed by atoms with E-state index in [2.05, 4.69) is 24.3 Å². The molecule has 7 nitrogen and oxygen atoms in total. The molecule has 0 heterocycles. The Morgan fingerprint density at radius 1 is 1.15 bits per heavy atom. The molecule has 1 aliphatic carbocycles. The van der Waals surface area contributed by atoms with E-state index in [-0.39, 0.29) is 12.0 Å². The summed E-state index contributed by atoms with van der Waals surface area (Å²) in [5, 5.41) is 16.5. The van der Waals surface area contributed by atoms with E-state index >= 15 is 0 Å². The van der Waals surface area contributed by atoms with Crippen LogP contribution in [0.1, 0.15) is 65.2 Å². The van der Waals surface area contributed by atoms with Gasteiger partial charge in [0.15, 0.2) is 0 Å². The van der Waals surface area contributed by atoms with Gasteiger partial charge in [0.2, 0.25) is 0 Å². The minimum absolute atomic E-state index is 0.178. The number of aliphatic hydroxyl groups is 1. The zero-order valence-corrected chi connectivity index (χ0v) is 17.1. The second-order valence-electron chi connectivity index (χ2n) is 7.52. The van der Waals surface area contributed by atoms with Crippen molar-refractivity contribution in [3.05, 3.63) is 16.8 Å². The third-order valence-corrected chi connectivity index (χ3v) is 5.11. The number of unbranched alkanes of at least 4 members (excludes halogenated alkanes) is 2. The smallest absolute Gasteiger partial charge is 0.120 e. The van der Waals surface area contributed by atoms with Gasteiger partial charge in [0.1, 0.15) is 12.1 Å². The number of nitrogens with one attached hydrogen (secondary N) is 1. The van der Waals surface area contributed by atoms with Gasteiger partial charge < -0.3 is 25.6 Å². The normalized spacial score (nSPS) is 26.1. The first-order valence-electron chi connectivity index (χ1n) is 10.5. The van der Waals surface area contributed by atoms with Crippen molar-refractivity contribution < 1.29 is 14.6 Å². The molecule has 1 saturated carbocycles. The van der Waals surface area contributed by atoms with Crippen LogP contribution in [0.25, 0.3) is 0 Å². The van der Waals surface area contributed by atoms with Crippen LogP contribution in [0.3, 0.4) is 0 Å². The molecule has 1 aliphatic rings. The molecular weight excluding hydrogens is 346 g/mol. The maximum Gasteiger partial charge on any atom is 0.120 e. The Morgan fingerprint density at radius 3 is 2.48 bits per heavy atom. The number of hydrogen-bond acceptors (Lipinski definition) is 7. The summed E-state index contributed by atoms with van der Waals surface area (Å²) in [4.78, 5) is 10.8. The van der Waals surface area contributed by atoms with Crippen LogP contribution in [0.15, 0.2) is 17.1 Å². The monoisotopic (exact) mass is 385 g/mol. The molecule has 4 unspecified atom stereocenters. The average molecular weight is 386 g/mol. The van der Waals surface area contributed by atoms with E-state index in [9.17, 15) is 10.0 Å². The van der Waals surface area contributed by atoms with Crippen molar-refractivity contribution >= 4 is 0 Å². The lowest BCUT2D eigenvalue weighted by atomic mass is 9.81. The molecule has 0 radical (unpaired) electrons. The summed E-state index contributed by atoms with van der Waals surface area (Å²) in [6.45, 7) is 7.32. The highest BCUT2D eigenvalue weighted by Crippen LogP contribution is 2.27. The number of rotatable bonds is 15. The summed E-state index contributed by atoms with van der Waals surface area (Å²) >= 11 is 0. The Bertz CT molecular complexity index is 420. The molecule has 0 aromatic rings. The molecule has 4 N–H and O–H groups in total. The number of ether oxygens (including phenoxy) is 2. The van der Waals surface area contributed by atoms with Crippen molar-refractivity contribution in [2.45, 2.75) is 83.4 Å². The van der Waals surface area contributed by atoms with E-state index in [4.69, 9.17) is 15.2 Å². The number of aliphatic hydroxyl groups excluding tert-OH is 1. The van der Waals surface area contributed by atoms with E-state index in [0.29, 0.717) is 6.42 Å². The van der Waals surface area contributed by atoms with Gasteiger partial charge in [0.05, 0.1) is 6.04 Å². The molecule has 7 heteroatoms. The van der Waals surface area contributed by atoms with Gasteiger partial charge in [-0.15, -0.1) is 0 Å². The van der Waals surface area contributed by atoms with Crippen molar-refractivity contribution in [2.75, 3.05) is 26.4 Å². The average Bonchev–Trinajstić information content (AvgIpc) is 2.66. The number of hydrogen-bond donors (Lipinski definition) is 3. The molecule has 0 aromatic carbocycles. The van der Waals surface area contributed by atoms with Crippen molar-refractivity contribution in [1.29, 1.82) is 0 Å². The summed E-state index contributed by atoms with van der Waals surface area (Å²) in [6.07, 6.45) is 8.47. The highest BCUT2D eigenvalue weighted by Gasteiger charge is 2.36. The third-order valence-electron chi connectivity index (χ3n) is 5.11. The largest absolute Gasteiger partial charge is 0.401 e. The van der Waals surface area contributed by atoms with Crippen LogP contribution < -0.4 is 11.1 Å². The Balaban J connectivity index is 2.07. The van der Waals surface area contributed by atoms with Gasteiger partial charge >= 0.3 is 0 Å². The highest BCUT2D eigenvalue weighted by molar-refractivity contribution is 5.01. The second-order valence-corrected chi connectivity index (χ2v) is 7.52. The lowest BCUT2D eigenvalue weighted by Gasteiger charge is -2.36. The van der Waals surface area contributed by atoms with Crippen molar-refractivity contribution in [2.24, 2.45) is 16.8 Å². The summed E-state index contributed by atoms with van der Waals surface area (Å²) in [7, 11) is 0. The van der Waals surface area contributed by atoms with E-state index < -0.39 is 12.1 Å². The van der Waals surface area contributed by atoms with Crippen molar-refractivity contribution in [3.63, 3.8) is 0 Å². The standard InChI is InChI=1S/C20H39N3O4/c1-3-4-11-26-13-7-14-27-12-6-5-8-17(21)15-22-19-16(2)9-10-18(23-25)20(19)24/h15-16,18-20,22,24H,3-14,21H2,1-2H3/b17-15-. The van der Waals surface area contributed by atoms with Crippen LogP contribution in [0.5, 0.6) is 0 Å². The zero-order valence-electron chi connectivity index (χ0n) is 17.1. The fraction of sp³-hybridized carbons (Fsp3) is 0.900. The van der Waals surface area contributed by atoms with Crippen LogP contribution in [0, 0.1) is 10.8 Å². The predicted octanol–water partition coefficient (Wildman–Crippen LogP) is 3.06. The molecule has 0 aliphatic heterocycles. The van der Waals surface area contributed by atoms with Crippen LogP contribution in [-0.4, -0.2) is 49.7 Å². The summed E-state index contributed by atoms with van der Waals surface area (Å²) in [6, 6.07) is -0.703. The molecule has 0 amide bonds. The first-order chi connectivity index (χ1) is 13.1. The van der Waals surface area contributed by atoms with E-state index in [1.807, 2.05) is 0 Å². The fourth-order valence-corrected chi connectivity index (χ4v) is 3.26. The van der Waals surface area contributed by atoms with Crippen LogP contribution in [0.4, 0.5) is 0 Å². The SMILES string of the molecule is CCCCOCCCOCCCC/C(N)=C/NC1C(C)CCC(N=O)C1O. The summed E-state index contributed by atoms with van der Waals surface area (Å²) in [5.74, 6) is 0.279. The molecule has 4 atom stereocenters.